The van der Waals surface area contributed by atoms with Gasteiger partial charge in [0.1, 0.15) is 5.54 Å². The van der Waals surface area contributed by atoms with Gasteiger partial charge in [0.2, 0.25) is 5.91 Å². The van der Waals surface area contributed by atoms with Crippen molar-refractivity contribution in [3.8, 4) is 11.5 Å². The zero-order chi connectivity index (χ0) is 19.3. The van der Waals surface area contributed by atoms with Gasteiger partial charge in [0.15, 0.2) is 11.5 Å². The Morgan fingerprint density at radius 2 is 2.15 bits per heavy atom. The Balaban J connectivity index is 1.80. The van der Waals surface area contributed by atoms with Gasteiger partial charge in [-0.05, 0) is 63.5 Å². The highest BCUT2D eigenvalue weighted by molar-refractivity contribution is 5.85. The van der Waals surface area contributed by atoms with Crippen LogP contribution in [0.3, 0.4) is 0 Å². The van der Waals surface area contributed by atoms with E-state index in [9.17, 15) is 4.79 Å². The van der Waals surface area contributed by atoms with Gasteiger partial charge in [-0.2, -0.15) is 5.10 Å². The van der Waals surface area contributed by atoms with Gasteiger partial charge in [0.05, 0.1) is 19.8 Å². The van der Waals surface area contributed by atoms with Crippen LogP contribution in [0.4, 0.5) is 0 Å². The summed E-state index contributed by atoms with van der Waals surface area (Å²) in [5.41, 5.74) is 0.312. The van der Waals surface area contributed by atoms with Crippen molar-refractivity contribution in [2.75, 3.05) is 26.8 Å². The van der Waals surface area contributed by atoms with Gasteiger partial charge in [-0.1, -0.05) is 6.07 Å². The molecule has 27 heavy (non-hydrogen) atoms. The zero-order valence-corrected chi connectivity index (χ0v) is 16.2. The molecule has 146 valence electrons. The molecule has 1 saturated heterocycles. The number of rotatable bonds is 7. The molecule has 1 aliphatic heterocycles. The molecule has 1 aromatic carbocycles. The highest BCUT2D eigenvalue weighted by Crippen LogP contribution is 2.32. The largest absolute Gasteiger partial charge is 0.493 e. The van der Waals surface area contributed by atoms with Crippen molar-refractivity contribution in [1.82, 2.24) is 20.4 Å². The summed E-state index contributed by atoms with van der Waals surface area (Å²) in [7, 11) is 1.62. The number of nitrogens with zero attached hydrogens (tertiary/aromatic N) is 2. The summed E-state index contributed by atoms with van der Waals surface area (Å²) in [5.74, 6) is 1.36. The van der Waals surface area contributed by atoms with E-state index in [0.29, 0.717) is 30.9 Å². The van der Waals surface area contributed by atoms with E-state index >= 15 is 0 Å². The predicted molar refractivity (Wildman–Crippen MR) is 103 cm³/mol. The lowest BCUT2D eigenvalue weighted by molar-refractivity contribution is -0.132. The van der Waals surface area contributed by atoms with Crippen LogP contribution in [0.2, 0.25) is 0 Å². The van der Waals surface area contributed by atoms with Crippen molar-refractivity contribution < 1.29 is 14.3 Å². The summed E-state index contributed by atoms with van der Waals surface area (Å²) in [6, 6.07) is 7.45. The van der Waals surface area contributed by atoms with Crippen LogP contribution >= 0.6 is 0 Å². The summed E-state index contributed by atoms with van der Waals surface area (Å²) < 4.78 is 12.8. The normalized spacial score (nSPS) is 17.1. The molecule has 1 aromatic heterocycles. The molecular weight excluding hydrogens is 344 g/mol. The molecule has 2 heterocycles. The first-order valence-electron chi connectivity index (χ1n) is 9.43. The number of hydrogen-bond donors (Lipinski definition) is 2. The minimum absolute atomic E-state index is 0.00643. The summed E-state index contributed by atoms with van der Waals surface area (Å²) in [6.45, 7) is 6.06. The fourth-order valence-corrected chi connectivity index (χ4v) is 3.57. The molecule has 2 aromatic rings. The van der Waals surface area contributed by atoms with Gasteiger partial charge in [0, 0.05) is 12.4 Å². The molecule has 0 spiro atoms. The van der Waals surface area contributed by atoms with E-state index in [-0.39, 0.29) is 11.9 Å². The minimum atomic E-state index is -0.654. The number of aromatic nitrogens is 2. The lowest BCUT2D eigenvalue weighted by Crippen LogP contribution is -2.55. The molecule has 0 saturated carbocycles. The molecule has 3 rings (SSSR count). The van der Waals surface area contributed by atoms with Crippen LogP contribution in [-0.2, 0) is 10.3 Å². The third-order valence-corrected chi connectivity index (χ3v) is 5.13. The summed E-state index contributed by atoms with van der Waals surface area (Å²) >= 11 is 0. The van der Waals surface area contributed by atoms with Crippen LogP contribution in [0.15, 0.2) is 36.7 Å². The van der Waals surface area contributed by atoms with Gasteiger partial charge in [-0.3, -0.25) is 9.48 Å². The average molecular weight is 372 g/mol. The second kappa shape index (κ2) is 8.43. The maximum atomic E-state index is 13.3. The van der Waals surface area contributed by atoms with Crippen molar-refractivity contribution in [2.24, 2.45) is 0 Å². The molecule has 0 radical (unpaired) electrons. The van der Waals surface area contributed by atoms with E-state index in [1.165, 1.54) is 0 Å². The Bertz CT molecular complexity index is 755. The summed E-state index contributed by atoms with van der Waals surface area (Å²) in [5, 5.41) is 10.9. The Morgan fingerprint density at radius 3 is 2.78 bits per heavy atom. The lowest BCUT2D eigenvalue weighted by Gasteiger charge is -2.37. The van der Waals surface area contributed by atoms with Gasteiger partial charge < -0.3 is 20.1 Å². The number of amides is 1. The predicted octanol–water partition coefficient (Wildman–Crippen LogP) is 2.25. The first-order chi connectivity index (χ1) is 13.1. The van der Waals surface area contributed by atoms with Crippen molar-refractivity contribution in [2.45, 2.75) is 38.3 Å². The smallest absolute Gasteiger partial charge is 0.248 e. The van der Waals surface area contributed by atoms with Crippen LogP contribution < -0.4 is 20.1 Å². The van der Waals surface area contributed by atoms with Crippen molar-refractivity contribution in [3.05, 3.63) is 42.2 Å². The highest BCUT2D eigenvalue weighted by Gasteiger charge is 2.42. The van der Waals surface area contributed by atoms with Gasteiger partial charge in [-0.25, -0.2) is 0 Å². The van der Waals surface area contributed by atoms with Crippen molar-refractivity contribution in [1.29, 1.82) is 0 Å². The van der Waals surface area contributed by atoms with Crippen LogP contribution in [0, 0.1) is 0 Å². The number of ether oxygens (including phenoxy) is 2. The van der Waals surface area contributed by atoms with E-state index in [4.69, 9.17) is 9.47 Å². The first-order valence-corrected chi connectivity index (χ1v) is 9.43. The number of carbonyl (C=O) groups is 1. The molecule has 0 bridgehead atoms. The van der Waals surface area contributed by atoms with E-state index in [0.717, 1.165) is 18.7 Å². The zero-order valence-electron chi connectivity index (χ0n) is 16.2. The summed E-state index contributed by atoms with van der Waals surface area (Å²) in [6.07, 6.45) is 5.01. The number of piperidine rings is 1. The molecule has 1 fully saturated rings. The van der Waals surface area contributed by atoms with Gasteiger partial charge >= 0.3 is 0 Å². The maximum Gasteiger partial charge on any atom is 0.248 e. The first kappa shape index (κ1) is 19.2. The average Bonchev–Trinajstić information content (AvgIpc) is 3.24. The highest BCUT2D eigenvalue weighted by atomic mass is 16.5. The topological polar surface area (TPSA) is 77.4 Å². The number of nitrogens with one attached hydrogen (secondary N) is 2. The number of benzene rings is 1. The number of hydrogen-bond acceptors (Lipinski definition) is 5. The monoisotopic (exact) mass is 372 g/mol. The molecule has 7 nitrogen and oxygen atoms in total. The Hall–Kier alpha value is -2.54. The molecule has 2 N–H and O–H groups in total. The maximum absolute atomic E-state index is 13.3. The molecule has 1 aliphatic rings. The van der Waals surface area contributed by atoms with Crippen LogP contribution in [0.1, 0.15) is 38.3 Å². The van der Waals surface area contributed by atoms with E-state index in [2.05, 4.69) is 15.7 Å². The Morgan fingerprint density at radius 1 is 1.37 bits per heavy atom. The third kappa shape index (κ3) is 3.93. The lowest BCUT2D eigenvalue weighted by atomic mass is 9.87. The second-order valence-corrected chi connectivity index (χ2v) is 6.77. The van der Waals surface area contributed by atoms with E-state index in [1.807, 2.05) is 44.3 Å². The SMILES string of the molecule is CCOc1ccc(C(C)NC(=O)C2(n3cccn3)CCNCC2)cc1OC. The van der Waals surface area contributed by atoms with Crippen LogP contribution in [0.5, 0.6) is 11.5 Å². The molecular formula is C20H28N4O3. The molecule has 1 atom stereocenters. The van der Waals surface area contributed by atoms with Gasteiger partial charge in [-0.15, -0.1) is 0 Å². The van der Waals surface area contributed by atoms with Gasteiger partial charge in [0.25, 0.3) is 0 Å². The minimum Gasteiger partial charge on any atom is -0.493 e. The van der Waals surface area contributed by atoms with Crippen molar-refractivity contribution in [3.63, 3.8) is 0 Å². The number of carbonyl (C=O) groups excluding carboxylic acids is 1. The molecule has 7 heteroatoms. The third-order valence-electron chi connectivity index (χ3n) is 5.13. The second-order valence-electron chi connectivity index (χ2n) is 6.77. The summed E-state index contributed by atoms with van der Waals surface area (Å²) in [4.78, 5) is 13.3. The van der Waals surface area contributed by atoms with Crippen LogP contribution in [-0.4, -0.2) is 42.5 Å². The number of methoxy groups -OCH3 is 1. The van der Waals surface area contributed by atoms with E-state index < -0.39 is 5.54 Å². The molecule has 1 unspecified atom stereocenters. The Labute approximate surface area is 160 Å². The molecule has 0 aliphatic carbocycles. The standard InChI is InChI=1S/C20H28N4O3/c1-4-27-17-7-6-16(14-18(17)26-3)15(2)23-19(25)20(8-11-21-12-9-20)24-13-5-10-22-24/h5-7,10,13-15,21H,4,8-9,11-12H2,1-3H3,(H,23,25). The van der Waals surface area contributed by atoms with Crippen molar-refractivity contribution >= 4 is 5.91 Å². The quantitative estimate of drug-likeness (QED) is 0.779. The fourth-order valence-electron chi connectivity index (χ4n) is 3.57. The van der Waals surface area contributed by atoms with Crippen LogP contribution in [0.25, 0.3) is 0 Å². The van der Waals surface area contributed by atoms with E-state index in [1.54, 1.807) is 18.0 Å². The molecule has 1 amide bonds. The fraction of sp³-hybridized carbons (Fsp3) is 0.500. The Kier molecular flexibility index (Phi) is 6.01.